The molecule has 1 N–H and O–H groups in total. The monoisotopic (exact) mass is 123 g/mol. The summed E-state index contributed by atoms with van der Waals surface area (Å²) in [7, 11) is 0. The summed E-state index contributed by atoms with van der Waals surface area (Å²) in [6.45, 7) is 2.18. The van der Waals surface area contributed by atoms with Crippen LogP contribution in [-0.4, -0.2) is 13.1 Å². The minimum absolute atomic E-state index is 0.493. The third kappa shape index (κ3) is 2.07. The number of hydrogen-bond acceptors (Lipinski definition) is 1. The van der Waals surface area contributed by atoms with Gasteiger partial charge in [-0.3, -0.25) is 0 Å². The fourth-order valence-corrected chi connectivity index (χ4v) is 1.16. The molecular formula is C8H13N. The molecule has 0 spiro atoms. The highest BCUT2D eigenvalue weighted by Gasteiger charge is 2.06. The van der Waals surface area contributed by atoms with E-state index in [1.54, 1.807) is 0 Å². The highest BCUT2D eigenvalue weighted by atomic mass is 14.9. The predicted molar refractivity (Wildman–Crippen MR) is 39.0 cm³/mol. The minimum atomic E-state index is 0.493. The van der Waals surface area contributed by atoms with E-state index in [0.29, 0.717) is 5.92 Å². The molecule has 1 rings (SSSR count). The Kier molecular flexibility index (Phi) is 2.60. The van der Waals surface area contributed by atoms with Gasteiger partial charge in [-0.25, -0.2) is 0 Å². The quantitative estimate of drug-likeness (QED) is 0.474. The molecule has 0 saturated carbocycles. The van der Waals surface area contributed by atoms with Crippen molar-refractivity contribution in [2.24, 2.45) is 5.92 Å². The maximum Gasteiger partial charge on any atom is 0.0325 e. The van der Waals surface area contributed by atoms with Crippen LogP contribution in [0.5, 0.6) is 0 Å². The van der Waals surface area contributed by atoms with Gasteiger partial charge < -0.3 is 5.32 Å². The van der Waals surface area contributed by atoms with E-state index in [9.17, 15) is 0 Å². The van der Waals surface area contributed by atoms with Gasteiger partial charge in [0, 0.05) is 12.5 Å². The zero-order valence-corrected chi connectivity index (χ0v) is 5.69. The Bertz CT molecular complexity index is 104. The van der Waals surface area contributed by atoms with E-state index in [-0.39, 0.29) is 0 Å². The molecule has 1 heterocycles. The van der Waals surface area contributed by atoms with Crippen LogP contribution in [0.3, 0.4) is 0 Å². The lowest BCUT2D eigenvalue weighted by Crippen LogP contribution is -2.19. The van der Waals surface area contributed by atoms with Crippen LogP contribution in [-0.2, 0) is 0 Å². The minimum Gasteiger partial charge on any atom is -0.316 e. The summed E-state index contributed by atoms with van der Waals surface area (Å²) in [5.74, 6) is 3.27. The SMILES string of the molecule is C#CC1CCCCNC1. The van der Waals surface area contributed by atoms with Gasteiger partial charge in [-0.1, -0.05) is 6.42 Å². The highest BCUT2D eigenvalue weighted by Crippen LogP contribution is 2.08. The van der Waals surface area contributed by atoms with Crippen molar-refractivity contribution in [1.29, 1.82) is 0 Å². The summed E-state index contributed by atoms with van der Waals surface area (Å²) in [5, 5.41) is 3.31. The number of rotatable bonds is 0. The molecule has 1 fully saturated rings. The molecule has 0 aliphatic carbocycles. The van der Waals surface area contributed by atoms with Gasteiger partial charge in [-0.2, -0.15) is 0 Å². The zero-order valence-electron chi connectivity index (χ0n) is 5.69. The third-order valence-electron chi connectivity index (χ3n) is 1.78. The number of hydrogen-bond donors (Lipinski definition) is 1. The van der Waals surface area contributed by atoms with Crippen molar-refractivity contribution in [2.45, 2.75) is 19.3 Å². The Balaban J connectivity index is 2.29. The summed E-state index contributed by atoms with van der Waals surface area (Å²) >= 11 is 0. The maximum absolute atomic E-state index is 5.28. The molecule has 0 bridgehead atoms. The van der Waals surface area contributed by atoms with E-state index in [2.05, 4.69) is 11.2 Å². The van der Waals surface area contributed by atoms with Gasteiger partial charge in [0.05, 0.1) is 0 Å². The lowest BCUT2D eigenvalue weighted by atomic mass is 10.1. The largest absolute Gasteiger partial charge is 0.316 e. The summed E-state index contributed by atoms with van der Waals surface area (Å²) in [5.41, 5.74) is 0. The van der Waals surface area contributed by atoms with Crippen LogP contribution in [0, 0.1) is 18.3 Å². The van der Waals surface area contributed by atoms with Crippen molar-refractivity contribution >= 4 is 0 Å². The van der Waals surface area contributed by atoms with Gasteiger partial charge in [0.2, 0.25) is 0 Å². The highest BCUT2D eigenvalue weighted by molar-refractivity contribution is 4.94. The topological polar surface area (TPSA) is 12.0 Å². The van der Waals surface area contributed by atoms with Crippen molar-refractivity contribution in [1.82, 2.24) is 5.32 Å². The van der Waals surface area contributed by atoms with E-state index >= 15 is 0 Å². The van der Waals surface area contributed by atoms with Gasteiger partial charge in [-0.15, -0.1) is 12.3 Å². The Morgan fingerprint density at radius 1 is 1.44 bits per heavy atom. The molecule has 1 aliphatic heterocycles. The lowest BCUT2D eigenvalue weighted by molar-refractivity contribution is 0.597. The number of nitrogens with one attached hydrogen (secondary N) is 1. The van der Waals surface area contributed by atoms with Crippen molar-refractivity contribution < 1.29 is 0 Å². The van der Waals surface area contributed by atoms with Gasteiger partial charge in [0.1, 0.15) is 0 Å². The van der Waals surface area contributed by atoms with Crippen molar-refractivity contribution in [3.8, 4) is 12.3 Å². The maximum atomic E-state index is 5.28. The van der Waals surface area contributed by atoms with Gasteiger partial charge in [0.15, 0.2) is 0 Å². The van der Waals surface area contributed by atoms with Gasteiger partial charge in [-0.05, 0) is 19.4 Å². The molecule has 1 nitrogen and oxygen atoms in total. The van der Waals surface area contributed by atoms with E-state index < -0.39 is 0 Å². The second-order valence-electron chi connectivity index (χ2n) is 2.56. The molecule has 1 aliphatic rings. The molecule has 0 aromatic rings. The molecule has 0 aromatic carbocycles. The first kappa shape index (κ1) is 6.64. The van der Waals surface area contributed by atoms with E-state index in [1.807, 2.05) is 0 Å². The van der Waals surface area contributed by atoms with Gasteiger partial charge >= 0.3 is 0 Å². The molecule has 1 atom stereocenters. The fourth-order valence-electron chi connectivity index (χ4n) is 1.16. The van der Waals surface area contributed by atoms with Crippen LogP contribution in [0.1, 0.15) is 19.3 Å². The van der Waals surface area contributed by atoms with Gasteiger partial charge in [0.25, 0.3) is 0 Å². The standard InChI is InChI=1S/C8H13N/c1-2-8-5-3-4-6-9-7-8/h1,8-9H,3-7H2. The summed E-state index contributed by atoms with van der Waals surface area (Å²) in [6, 6.07) is 0. The smallest absolute Gasteiger partial charge is 0.0325 e. The van der Waals surface area contributed by atoms with E-state index in [0.717, 1.165) is 13.1 Å². The molecule has 0 aromatic heterocycles. The normalized spacial score (nSPS) is 28.6. The fraction of sp³-hybridized carbons (Fsp3) is 0.750. The van der Waals surface area contributed by atoms with E-state index in [4.69, 9.17) is 6.42 Å². The van der Waals surface area contributed by atoms with Crippen LogP contribution < -0.4 is 5.32 Å². The number of terminal acetylenes is 1. The Morgan fingerprint density at radius 3 is 3.11 bits per heavy atom. The molecule has 1 heteroatoms. The summed E-state index contributed by atoms with van der Waals surface area (Å²) in [6.07, 6.45) is 9.08. The van der Waals surface area contributed by atoms with Crippen molar-refractivity contribution in [3.63, 3.8) is 0 Å². The second kappa shape index (κ2) is 3.53. The molecular weight excluding hydrogens is 110 g/mol. The van der Waals surface area contributed by atoms with Crippen LogP contribution >= 0.6 is 0 Å². The van der Waals surface area contributed by atoms with Crippen molar-refractivity contribution in [3.05, 3.63) is 0 Å². The van der Waals surface area contributed by atoms with E-state index in [1.165, 1.54) is 19.3 Å². The second-order valence-corrected chi connectivity index (χ2v) is 2.56. The first-order valence-corrected chi connectivity index (χ1v) is 3.60. The summed E-state index contributed by atoms with van der Waals surface area (Å²) < 4.78 is 0. The third-order valence-corrected chi connectivity index (χ3v) is 1.78. The van der Waals surface area contributed by atoms with Crippen LogP contribution in [0.4, 0.5) is 0 Å². The lowest BCUT2D eigenvalue weighted by Gasteiger charge is -2.03. The summed E-state index contributed by atoms with van der Waals surface area (Å²) in [4.78, 5) is 0. The molecule has 1 unspecified atom stereocenters. The Hall–Kier alpha value is -0.480. The van der Waals surface area contributed by atoms with Crippen LogP contribution in [0.25, 0.3) is 0 Å². The average molecular weight is 123 g/mol. The van der Waals surface area contributed by atoms with Crippen molar-refractivity contribution in [2.75, 3.05) is 13.1 Å². The average Bonchev–Trinajstić information content (AvgIpc) is 2.13. The molecule has 0 amide bonds. The molecule has 50 valence electrons. The molecule has 9 heavy (non-hydrogen) atoms. The van der Waals surface area contributed by atoms with Crippen LogP contribution in [0.15, 0.2) is 0 Å². The Morgan fingerprint density at radius 2 is 2.33 bits per heavy atom. The van der Waals surface area contributed by atoms with Crippen LogP contribution in [0.2, 0.25) is 0 Å². The Labute approximate surface area is 56.8 Å². The molecule has 0 radical (unpaired) electrons. The first-order valence-electron chi connectivity index (χ1n) is 3.60. The predicted octanol–water partition coefficient (Wildman–Crippen LogP) is 1.01. The molecule has 1 saturated heterocycles. The zero-order chi connectivity index (χ0) is 6.53. The first-order chi connectivity index (χ1) is 4.43.